The fourth-order valence-corrected chi connectivity index (χ4v) is 9.07. The van der Waals surface area contributed by atoms with Gasteiger partial charge in [-0.1, -0.05) is 127 Å². The van der Waals surface area contributed by atoms with Crippen LogP contribution < -0.4 is 0 Å². The second kappa shape index (κ2) is 13.0. The number of hydrogen-bond acceptors (Lipinski definition) is 6. The molecule has 0 aliphatic heterocycles. The molecule has 13 rings (SSSR count). The number of para-hydroxylation sites is 3. The molecular formula is C54H31N5O2. The molecule has 0 amide bonds. The Bertz CT molecular complexity index is 3900. The molecule has 13 aromatic rings. The number of furan rings is 2. The van der Waals surface area contributed by atoms with Crippen LogP contribution in [-0.4, -0.2) is 24.5 Å². The lowest BCUT2D eigenvalue weighted by molar-refractivity contribution is 0.668. The van der Waals surface area contributed by atoms with Crippen LogP contribution in [0.1, 0.15) is 0 Å². The summed E-state index contributed by atoms with van der Waals surface area (Å²) in [6.45, 7) is 0. The van der Waals surface area contributed by atoms with E-state index < -0.39 is 0 Å². The van der Waals surface area contributed by atoms with Crippen LogP contribution in [0.5, 0.6) is 0 Å². The first-order chi connectivity index (χ1) is 30.2. The van der Waals surface area contributed by atoms with Gasteiger partial charge in [-0.25, -0.2) is 4.98 Å². The average Bonchev–Trinajstić information content (AvgIpc) is 4.01. The Balaban J connectivity index is 1.04. The quantitative estimate of drug-likeness (QED) is 0.173. The Morgan fingerprint density at radius 1 is 0.393 bits per heavy atom. The van der Waals surface area contributed by atoms with Crippen LogP contribution in [-0.2, 0) is 0 Å². The molecular weight excluding hydrogens is 751 g/mol. The van der Waals surface area contributed by atoms with Crippen molar-refractivity contribution in [3.05, 3.63) is 188 Å². The van der Waals surface area contributed by atoms with E-state index in [4.69, 9.17) is 28.8 Å². The molecule has 7 heteroatoms. The van der Waals surface area contributed by atoms with Crippen LogP contribution in [0, 0.1) is 0 Å². The van der Waals surface area contributed by atoms with E-state index in [0.29, 0.717) is 23.2 Å². The van der Waals surface area contributed by atoms with Gasteiger partial charge in [0.1, 0.15) is 22.3 Å². The monoisotopic (exact) mass is 781 g/mol. The highest BCUT2D eigenvalue weighted by atomic mass is 16.3. The van der Waals surface area contributed by atoms with Gasteiger partial charge in [-0.2, -0.15) is 9.97 Å². The molecule has 284 valence electrons. The molecule has 61 heavy (non-hydrogen) atoms. The van der Waals surface area contributed by atoms with Crippen molar-refractivity contribution in [2.24, 2.45) is 0 Å². The average molecular weight is 782 g/mol. The molecule has 0 saturated heterocycles. The van der Waals surface area contributed by atoms with Gasteiger partial charge in [-0.05, 0) is 82.1 Å². The number of benzene rings is 8. The number of aromatic nitrogens is 5. The summed E-state index contributed by atoms with van der Waals surface area (Å²) in [5.41, 5.74) is 12.1. The van der Waals surface area contributed by atoms with Gasteiger partial charge in [0.25, 0.3) is 0 Å². The van der Waals surface area contributed by atoms with E-state index in [0.717, 1.165) is 93.3 Å². The van der Waals surface area contributed by atoms with Crippen molar-refractivity contribution in [2.75, 3.05) is 0 Å². The zero-order valence-corrected chi connectivity index (χ0v) is 32.5. The number of nitrogens with zero attached hydrogens (tertiary/aromatic N) is 5. The molecule has 0 N–H and O–H groups in total. The predicted molar refractivity (Wildman–Crippen MR) is 246 cm³/mol. The van der Waals surface area contributed by atoms with Crippen molar-refractivity contribution >= 4 is 76.6 Å². The molecule has 0 unspecified atom stereocenters. The highest BCUT2D eigenvalue weighted by molar-refractivity contribution is 6.14. The largest absolute Gasteiger partial charge is 0.455 e. The summed E-state index contributed by atoms with van der Waals surface area (Å²) in [7, 11) is 0. The fraction of sp³-hybridized carbons (Fsp3) is 0. The van der Waals surface area contributed by atoms with Crippen molar-refractivity contribution in [1.82, 2.24) is 24.5 Å². The summed E-state index contributed by atoms with van der Waals surface area (Å²) in [6.07, 6.45) is 1.79. The molecule has 0 radical (unpaired) electrons. The minimum Gasteiger partial charge on any atom is -0.455 e. The summed E-state index contributed by atoms with van der Waals surface area (Å²) < 4.78 is 14.9. The highest BCUT2D eigenvalue weighted by Crippen LogP contribution is 2.40. The topological polar surface area (TPSA) is 82.8 Å². The molecule has 0 atom stereocenters. The van der Waals surface area contributed by atoms with E-state index in [1.165, 1.54) is 11.1 Å². The van der Waals surface area contributed by atoms with Gasteiger partial charge in [0.15, 0.2) is 17.2 Å². The van der Waals surface area contributed by atoms with Crippen LogP contribution in [0.15, 0.2) is 197 Å². The van der Waals surface area contributed by atoms with Crippen LogP contribution >= 0.6 is 0 Å². The molecule has 0 aliphatic rings. The molecule has 0 bridgehead atoms. The molecule has 5 aromatic heterocycles. The Morgan fingerprint density at radius 2 is 1.08 bits per heavy atom. The van der Waals surface area contributed by atoms with E-state index in [9.17, 15) is 0 Å². The van der Waals surface area contributed by atoms with Crippen LogP contribution in [0.3, 0.4) is 0 Å². The van der Waals surface area contributed by atoms with E-state index >= 15 is 0 Å². The molecule has 0 aliphatic carbocycles. The third-order valence-electron chi connectivity index (χ3n) is 11.9. The summed E-state index contributed by atoms with van der Waals surface area (Å²) in [5, 5.41) is 7.47. The lowest BCUT2D eigenvalue weighted by Crippen LogP contribution is -2.06. The van der Waals surface area contributed by atoms with E-state index in [1.54, 1.807) is 6.20 Å². The van der Waals surface area contributed by atoms with E-state index in [2.05, 4.69) is 138 Å². The summed E-state index contributed by atoms with van der Waals surface area (Å²) in [4.78, 5) is 20.6. The summed E-state index contributed by atoms with van der Waals surface area (Å²) in [5.74, 6) is 1.60. The second-order valence-electron chi connectivity index (χ2n) is 15.4. The third kappa shape index (κ3) is 5.24. The van der Waals surface area contributed by atoms with E-state index in [1.807, 2.05) is 48.5 Å². The Hall–Kier alpha value is -8.42. The molecule has 8 aromatic carbocycles. The molecule has 0 saturated carbocycles. The Morgan fingerprint density at radius 3 is 2.00 bits per heavy atom. The fourth-order valence-electron chi connectivity index (χ4n) is 9.07. The number of fused-ring (bicyclic) bond motifs is 10. The third-order valence-corrected chi connectivity index (χ3v) is 11.9. The van der Waals surface area contributed by atoms with Crippen molar-refractivity contribution in [3.63, 3.8) is 0 Å². The molecule has 5 heterocycles. The molecule has 0 spiro atoms. The van der Waals surface area contributed by atoms with Gasteiger partial charge in [0.2, 0.25) is 5.95 Å². The number of pyridine rings is 1. The minimum absolute atomic E-state index is 0.510. The second-order valence-corrected chi connectivity index (χ2v) is 15.4. The standard InChI is InChI=1S/C54H31N5O2/c1-2-11-32(12-3-1)33-22-23-35-30-37(25-24-34(35)29-33)52-56-53(42-17-9-20-47-49(42)50-48(60-47)21-10-28-55-50)58-54(57-52)59-44-18-6-4-13-39(44)43-31-36(26-27-45(43)59)38-15-8-16-41-40-14-5-7-19-46(40)61-51(38)41/h1-31H. The number of hydrogen-bond donors (Lipinski definition) is 0. The maximum Gasteiger partial charge on any atom is 0.238 e. The van der Waals surface area contributed by atoms with Gasteiger partial charge in [-0.15, -0.1) is 0 Å². The van der Waals surface area contributed by atoms with Gasteiger partial charge in [-0.3, -0.25) is 9.55 Å². The zero-order valence-electron chi connectivity index (χ0n) is 32.5. The SMILES string of the molecule is c1ccc(-c2ccc3cc(-c4nc(-c5cccc6oc7cccnc7c56)nc(-n5c6ccccc6c6cc(-c7cccc8c7oc7ccccc78)ccc65)n4)ccc3c2)cc1. The van der Waals surface area contributed by atoms with E-state index in [-0.39, 0.29) is 0 Å². The smallest absolute Gasteiger partial charge is 0.238 e. The Kier molecular flexibility index (Phi) is 7.17. The lowest BCUT2D eigenvalue weighted by atomic mass is 10.00. The first-order valence-electron chi connectivity index (χ1n) is 20.3. The lowest BCUT2D eigenvalue weighted by Gasteiger charge is -2.12. The maximum atomic E-state index is 6.48. The van der Waals surface area contributed by atoms with Crippen LogP contribution in [0.4, 0.5) is 0 Å². The van der Waals surface area contributed by atoms with Crippen molar-refractivity contribution < 1.29 is 8.83 Å². The van der Waals surface area contributed by atoms with Gasteiger partial charge in [0, 0.05) is 44.4 Å². The van der Waals surface area contributed by atoms with Crippen molar-refractivity contribution in [1.29, 1.82) is 0 Å². The first kappa shape index (κ1) is 33.5. The Labute approximate surface area is 347 Å². The number of rotatable bonds is 5. The first-order valence-corrected chi connectivity index (χ1v) is 20.3. The normalized spacial score (nSPS) is 11.9. The summed E-state index contributed by atoms with van der Waals surface area (Å²) >= 11 is 0. The van der Waals surface area contributed by atoms with Crippen molar-refractivity contribution in [2.45, 2.75) is 0 Å². The highest BCUT2D eigenvalue weighted by Gasteiger charge is 2.22. The molecule has 0 fully saturated rings. The van der Waals surface area contributed by atoms with Crippen LogP contribution in [0.2, 0.25) is 0 Å². The maximum absolute atomic E-state index is 6.48. The molecule has 7 nitrogen and oxygen atoms in total. The van der Waals surface area contributed by atoms with Gasteiger partial charge in [0.05, 0.1) is 16.4 Å². The minimum atomic E-state index is 0.510. The predicted octanol–water partition coefficient (Wildman–Crippen LogP) is 14.0. The van der Waals surface area contributed by atoms with Gasteiger partial charge >= 0.3 is 0 Å². The summed E-state index contributed by atoms with van der Waals surface area (Å²) in [6, 6.07) is 62.9. The van der Waals surface area contributed by atoms with Crippen molar-refractivity contribution in [3.8, 4) is 51.0 Å². The zero-order chi connectivity index (χ0) is 40.0. The van der Waals surface area contributed by atoms with Crippen LogP contribution in [0.25, 0.3) is 128 Å². The van der Waals surface area contributed by atoms with Gasteiger partial charge < -0.3 is 8.83 Å².